The molecular weight excluding hydrogens is 342 g/mol. The molecule has 0 spiro atoms. The van der Waals surface area contributed by atoms with E-state index in [0.717, 1.165) is 38.9 Å². The van der Waals surface area contributed by atoms with Crippen molar-refractivity contribution in [3.63, 3.8) is 0 Å². The van der Waals surface area contributed by atoms with Crippen molar-refractivity contribution in [1.82, 2.24) is 4.90 Å². The van der Waals surface area contributed by atoms with Crippen molar-refractivity contribution in [3.8, 4) is 0 Å². The van der Waals surface area contributed by atoms with Crippen molar-refractivity contribution in [1.29, 1.82) is 0 Å². The lowest BCUT2D eigenvalue weighted by Gasteiger charge is -2.21. The maximum atomic E-state index is 11.3. The first-order valence-electron chi connectivity index (χ1n) is 9.37. The van der Waals surface area contributed by atoms with Gasteiger partial charge in [0, 0.05) is 19.6 Å². The van der Waals surface area contributed by atoms with E-state index in [4.69, 9.17) is 0 Å². The Morgan fingerprint density at radius 1 is 1.00 bits per heavy atom. The Morgan fingerprint density at radius 3 is 2.27 bits per heavy atom. The van der Waals surface area contributed by atoms with E-state index >= 15 is 0 Å². The van der Waals surface area contributed by atoms with Crippen LogP contribution in [0.2, 0.25) is 0 Å². The summed E-state index contributed by atoms with van der Waals surface area (Å²) < 4.78 is 20.6. The molecular formula is C22H29NO2S. The van der Waals surface area contributed by atoms with E-state index in [0.29, 0.717) is 4.90 Å². The van der Waals surface area contributed by atoms with Crippen molar-refractivity contribution < 1.29 is 8.76 Å². The van der Waals surface area contributed by atoms with Gasteiger partial charge < -0.3 is 9.45 Å². The molecule has 2 aromatic carbocycles. The van der Waals surface area contributed by atoms with Gasteiger partial charge >= 0.3 is 0 Å². The molecule has 1 atom stereocenters. The van der Waals surface area contributed by atoms with Crippen molar-refractivity contribution >= 4 is 11.1 Å². The Labute approximate surface area is 159 Å². The van der Waals surface area contributed by atoms with Crippen molar-refractivity contribution in [2.75, 3.05) is 19.6 Å². The Hall–Kier alpha value is -1.49. The molecule has 4 heteroatoms. The van der Waals surface area contributed by atoms with Crippen LogP contribution in [-0.2, 0) is 35.8 Å². The van der Waals surface area contributed by atoms with E-state index in [-0.39, 0.29) is 5.41 Å². The lowest BCUT2D eigenvalue weighted by molar-refractivity contribution is 0.291. The van der Waals surface area contributed by atoms with Crippen LogP contribution in [0.3, 0.4) is 0 Å². The van der Waals surface area contributed by atoms with Crippen LogP contribution >= 0.6 is 0 Å². The fourth-order valence-electron chi connectivity index (χ4n) is 3.54. The SMILES string of the molecule is CC(C)(C)c1ccc(CCN2CCc3ccc(S(=O)O)cc3CC2)cc1. The van der Waals surface area contributed by atoms with Crippen LogP contribution in [0.15, 0.2) is 47.4 Å². The van der Waals surface area contributed by atoms with Gasteiger partial charge in [-0.2, -0.15) is 0 Å². The van der Waals surface area contributed by atoms with Gasteiger partial charge in [-0.25, -0.2) is 4.21 Å². The van der Waals surface area contributed by atoms with E-state index < -0.39 is 11.1 Å². The van der Waals surface area contributed by atoms with Crippen LogP contribution < -0.4 is 0 Å². The predicted octanol–water partition coefficient (Wildman–Crippen LogP) is 4.21. The number of fused-ring (bicyclic) bond motifs is 1. The predicted molar refractivity (Wildman–Crippen MR) is 108 cm³/mol. The molecule has 0 saturated carbocycles. The number of benzene rings is 2. The van der Waals surface area contributed by atoms with Gasteiger partial charge in [-0.1, -0.05) is 51.1 Å². The first-order valence-corrected chi connectivity index (χ1v) is 10.5. The zero-order chi connectivity index (χ0) is 18.7. The molecule has 0 fully saturated rings. The minimum atomic E-state index is -1.89. The van der Waals surface area contributed by atoms with Crippen molar-refractivity contribution in [2.24, 2.45) is 0 Å². The van der Waals surface area contributed by atoms with Gasteiger partial charge in [0.1, 0.15) is 0 Å². The monoisotopic (exact) mass is 371 g/mol. The lowest BCUT2D eigenvalue weighted by Crippen LogP contribution is -2.28. The molecule has 2 aromatic rings. The lowest BCUT2D eigenvalue weighted by atomic mass is 9.86. The number of hydrogen-bond acceptors (Lipinski definition) is 2. The average molecular weight is 372 g/mol. The molecule has 1 N–H and O–H groups in total. The number of rotatable bonds is 4. The number of hydrogen-bond donors (Lipinski definition) is 1. The Balaban J connectivity index is 1.58. The fourth-order valence-corrected chi connectivity index (χ4v) is 3.97. The Bertz CT molecular complexity index is 778. The van der Waals surface area contributed by atoms with E-state index in [2.05, 4.69) is 49.9 Å². The van der Waals surface area contributed by atoms with Gasteiger partial charge in [0.2, 0.25) is 0 Å². The Kier molecular flexibility index (Phi) is 5.96. The van der Waals surface area contributed by atoms with Gasteiger partial charge in [0.25, 0.3) is 0 Å². The molecule has 0 saturated heterocycles. The summed E-state index contributed by atoms with van der Waals surface area (Å²) in [6, 6.07) is 14.7. The number of nitrogens with zero attached hydrogens (tertiary/aromatic N) is 1. The summed E-state index contributed by atoms with van der Waals surface area (Å²) >= 11 is -1.89. The van der Waals surface area contributed by atoms with Crippen molar-refractivity contribution in [2.45, 2.75) is 50.3 Å². The van der Waals surface area contributed by atoms with Crippen LogP contribution in [0.25, 0.3) is 0 Å². The normalized spacial score (nSPS) is 16.8. The first kappa shape index (κ1) is 19.3. The highest BCUT2D eigenvalue weighted by Gasteiger charge is 2.16. The molecule has 0 bridgehead atoms. The second-order valence-electron chi connectivity index (χ2n) is 8.22. The van der Waals surface area contributed by atoms with E-state index in [1.54, 1.807) is 6.07 Å². The Morgan fingerprint density at radius 2 is 1.65 bits per heavy atom. The maximum Gasteiger partial charge on any atom is 0.186 e. The molecule has 0 radical (unpaired) electrons. The third kappa shape index (κ3) is 4.81. The first-order chi connectivity index (χ1) is 12.3. The summed E-state index contributed by atoms with van der Waals surface area (Å²) in [4.78, 5) is 3.02. The molecule has 1 unspecified atom stereocenters. The maximum absolute atomic E-state index is 11.3. The van der Waals surface area contributed by atoms with E-state index in [9.17, 15) is 8.76 Å². The van der Waals surface area contributed by atoms with Crippen LogP contribution in [0, 0.1) is 0 Å². The highest BCUT2D eigenvalue weighted by molar-refractivity contribution is 7.79. The molecule has 3 nitrogen and oxygen atoms in total. The topological polar surface area (TPSA) is 40.5 Å². The molecule has 1 heterocycles. The molecule has 3 rings (SSSR count). The minimum Gasteiger partial charge on any atom is -0.302 e. The highest BCUT2D eigenvalue weighted by Crippen LogP contribution is 2.23. The minimum absolute atomic E-state index is 0.201. The fraction of sp³-hybridized carbons (Fsp3) is 0.455. The summed E-state index contributed by atoms with van der Waals surface area (Å²) in [5.41, 5.74) is 5.51. The molecule has 0 aromatic heterocycles. The van der Waals surface area contributed by atoms with Gasteiger partial charge in [-0.15, -0.1) is 0 Å². The largest absolute Gasteiger partial charge is 0.302 e. The molecule has 0 aliphatic carbocycles. The van der Waals surface area contributed by atoms with E-state index in [1.807, 2.05) is 12.1 Å². The van der Waals surface area contributed by atoms with Gasteiger partial charge in [-0.3, -0.25) is 0 Å². The van der Waals surface area contributed by atoms with Gasteiger partial charge in [-0.05, 0) is 59.1 Å². The summed E-state index contributed by atoms with van der Waals surface area (Å²) in [7, 11) is 0. The van der Waals surface area contributed by atoms with Crippen LogP contribution in [0.4, 0.5) is 0 Å². The smallest absolute Gasteiger partial charge is 0.186 e. The standard InChI is InChI=1S/C22H29NO2S/c1-22(2,3)20-7-4-17(5-8-20)10-13-23-14-11-18-6-9-21(26(24)25)16-19(18)12-15-23/h4-9,16H,10-15H2,1-3H3,(H,24,25). The molecule has 26 heavy (non-hydrogen) atoms. The van der Waals surface area contributed by atoms with Gasteiger partial charge in [0.05, 0.1) is 4.90 Å². The van der Waals surface area contributed by atoms with Crippen LogP contribution in [0.5, 0.6) is 0 Å². The summed E-state index contributed by atoms with van der Waals surface area (Å²) in [5.74, 6) is 0. The molecule has 1 aliphatic heterocycles. The second kappa shape index (κ2) is 8.03. The second-order valence-corrected chi connectivity index (χ2v) is 9.19. The molecule has 140 valence electrons. The zero-order valence-corrected chi connectivity index (χ0v) is 16.8. The summed E-state index contributed by atoms with van der Waals surface area (Å²) in [6.07, 6.45) is 3.02. The third-order valence-corrected chi connectivity index (χ3v) is 5.97. The van der Waals surface area contributed by atoms with Crippen molar-refractivity contribution in [3.05, 3.63) is 64.7 Å². The quantitative estimate of drug-likeness (QED) is 0.819. The molecule has 1 aliphatic rings. The van der Waals surface area contributed by atoms with Gasteiger partial charge in [0.15, 0.2) is 11.1 Å². The molecule has 0 amide bonds. The van der Waals surface area contributed by atoms with E-state index in [1.165, 1.54) is 22.3 Å². The van der Waals surface area contributed by atoms with Crippen LogP contribution in [0.1, 0.15) is 43.0 Å². The zero-order valence-electron chi connectivity index (χ0n) is 16.0. The summed E-state index contributed by atoms with van der Waals surface area (Å²) in [6.45, 7) is 9.85. The average Bonchev–Trinajstić information content (AvgIpc) is 2.81. The highest BCUT2D eigenvalue weighted by atomic mass is 32.2. The van der Waals surface area contributed by atoms with Crippen LogP contribution in [-0.4, -0.2) is 33.3 Å². The third-order valence-electron chi connectivity index (χ3n) is 5.31. The summed E-state index contributed by atoms with van der Waals surface area (Å²) in [5, 5.41) is 0.